The Hall–Kier alpha value is -1.59. The van der Waals surface area contributed by atoms with Crippen LogP contribution in [-0.2, 0) is 16.1 Å². The van der Waals surface area contributed by atoms with E-state index in [4.69, 9.17) is 4.74 Å². The van der Waals surface area contributed by atoms with Gasteiger partial charge in [-0.15, -0.1) is 0 Å². The van der Waals surface area contributed by atoms with Crippen LogP contribution in [0.2, 0.25) is 0 Å². The number of rotatable bonds is 3. The lowest BCUT2D eigenvalue weighted by Gasteiger charge is -2.39. The van der Waals surface area contributed by atoms with Gasteiger partial charge >= 0.3 is 0 Å². The van der Waals surface area contributed by atoms with Gasteiger partial charge in [0.2, 0.25) is 5.91 Å². The highest BCUT2D eigenvalue weighted by Crippen LogP contribution is 2.27. The number of aromatic hydroxyl groups is 1. The summed E-state index contributed by atoms with van der Waals surface area (Å²) in [6, 6.07) is 3.93. The van der Waals surface area contributed by atoms with Gasteiger partial charge in [-0.05, 0) is 70.8 Å². The van der Waals surface area contributed by atoms with Gasteiger partial charge in [0.1, 0.15) is 5.75 Å². The fraction of sp³-hybridized carbons (Fsp3) is 0.667. The van der Waals surface area contributed by atoms with Crippen molar-refractivity contribution in [3.63, 3.8) is 0 Å². The third-order valence-corrected chi connectivity index (χ3v) is 5.76. The van der Waals surface area contributed by atoms with Gasteiger partial charge in [-0.2, -0.15) is 0 Å². The third-order valence-electron chi connectivity index (χ3n) is 5.76. The van der Waals surface area contributed by atoms with E-state index in [2.05, 4.69) is 17.9 Å². The normalized spacial score (nSPS) is 25.5. The quantitative estimate of drug-likeness (QED) is 0.901. The van der Waals surface area contributed by atoms with E-state index in [0.29, 0.717) is 24.7 Å². The first-order valence-corrected chi connectivity index (χ1v) is 9.79. The molecule has 0 unspecified atom stereocenters. The number of likely N-dealkylation sites (tertiary alicyclic amines) is 1. The van der Waals surface area contributed by atoms with Crippen LogP contribution in [0.5, 0.6) is 5.75 Å². The molecule has 0 bridgehead atoms. The zero-order chi connectivity index (χ0) is 18.8. The number of hydrogen-bond donors (Lipinski definition) is 1. The zero-order valence-electron chi connectivity index (χ0n) is 16.5. The number of benzene rings is 1. The van der Waals surface area contributed by atoms with Crippen LogP contribution in [0.4, 0.5) is 0 Å². The van der Waals surface area contributed by atoms with E-state index in [9.17, 15) is 9.90 Å². The zero-order valence-corrected chi connectivity index (χ0v) is 16.5. The molecule has 5 nitrogen and oxygen atoms in total. The summed E-state index contributed by atoms with van der Waals surface area (Å²) in [6.45, 7) is 12.1. The largest absolute Gasteiger partial charge is 0.508 e. The van der Waals surface area contributed by atoms with Crippen molar-refractivity contribution in [1.29, 1.82) is 0 Å². The fourth-order valence-electron chi connectivity index (χ4n) is 4.18. The molecule has 2 saturated heterocycles. The van der Waals surface area contributed by atoms with Crippen LogP contribution in [0.25, 0.3) is 0 Å². The third kappa shape index (κ3) is 4.38. The lowest BCUT2D eigenvalue weighted by atomic mass is 9.94. The molecule has 5 heteroatoms. The molecule has 0 saturated carbocycles. The van der Waals surface area contributed by atoms with Gasteiger partial charge in [0.05, 0.1) is 12.2 Å². The fourth-order valence-corrected chi connectivity index (χ4v) is 4.18. The van der Waals surface area contributed by atoms with Crippen LogP contribution in [0.1, 0.15) is 43.4 Å². The molecule has 1 aromatic rings. The molecule has 3 rings (SSSR count). The Bertz CT molecular complexity index is 643. The van der Waals surface area contributed by atoms with Gasteiger partial charge in [-0.1, -0.05) is 6.07 Å². The molecule has 0 aliphatic carbocycles. The number of morpholine rings is 1. The van der Waals surface area contributed by atoms with Crippen LogP contribution in [-0.4, -0.2) is 59.2 Å². The van der Waals surface area contributed by atoms with Crippen LogP contribution < -0.4 is 0 Å². The molecule has 2 fully saturated rings. The van der Waals surface area contributed by atoms with E-state index in [1.807, 2.05) is 31.7 Å². The van der Waals surface area contributed by atoms with E-state index < -0.39 is 0 Å². The summed E-state index contributed by atoms with van der Waals surface area (Å²) in [7, 11) is 0. The number of piperidine rings is 1. The molecule has 2 atom stereocenters. The number of carbonyl (C=O) groups is 1. The average Bonchev–Trinajstić information content (AvgIpc) is 2.59. The van der Waals surface area contributed by atoms with Crippen LogP contribution in [0.3, 0.4) is 0 Å². The van der Waals surface area contributed by atoms with Crippen molar-refractivity contribution in [2.24, 2.45) is 5.92 Å². The molecule has 1 amide bonds. The maximum atomic E-state index is 12.9. The number of phenolic OH excluding ortho intramolecular Hbond substituents is 1. The molecule has 0 aromatic heterocycles. The summed E-state index contributed by atoms with van der Waals surface area (Å²) in [4.78, 5) is 17.2. The van der Waals surface area contributed by atoms with Crippen molar-refractivity contribution in [2.45, 2.75) is 59.3 Å². The molecule has 2 aliphatic heterocycles. The molecule has 2 heterocycles. The van der Waals surface area contributed by atoms with E-state index in [0.717, 1.165) is 43.6 Å². The minimum absolute atomic E-state index is 0.121. The molecule has 0 radical (unpaired) electrons. The Morgan fingerprint density at radius 2 is 1.69 bits per heavy atom. The van der Waals surface area contributed by atoms with E-state index in [-0.39, 0.29) is 18.1 Å². The summed E-state index contributed by atoms with van der Waals surface area (Å²) in [5.41, 5.74) is 3.30. The lowest BCUT2D eigenvalue weighted by molar-refractivity contribution is -0.148. The number of hydrogen-bond acceptors (Lipinski definition) is 4. The van der Waals surface area contributed by atoms with E-state index in [1.54, 1.807) is 0 Å². The predicted molar refractivity (Wildman–Crippen MR) is 102 cm³/mol. The number of carbonyl (C=O) groups excluding carboxylic acids is 1. The second-order valence-electron chi connectivity index (χ2n) is 8.12. The first-order chi connectivity index (χ1) is 12.3. The molecule has 26 heavy (non-hydrogen) atoms. The maximum absolute atomic E-state index is 12.9. The Kier molecular flexibility index (Phi) is 5.88. The molecule has 2 aliphatic rings. The topological polar surface area (TPSA) is 53.0 Å². The Balaban J connectivity index is 1.54. The standard InChI is InChI=1S/C21H32N2O3/c1-14-9-19(20(24)10-15(14)2)13-22-7-5-18(6-8-22)21(25)23-11-16(3)26-17(4)12-23/h9-10,16-18,24H,5-8,11-13H2,1-4H3/t16-,17-/m0/s1. The van der Waals surface area contributed by atoms with Gasteiger partial charge in [0.15, 0.2) is 0 Å². The minimum Gasteiger partial charge on any atom is -0.508 e. The monoisotopic (exact) mass is 360 g/mol. The Morgan fingerprint density at radius 3 is 2.31 bits per heavy atom. The number of ether oxygens (including phenoxy) is 1. The molecular weight excluding hydrogens is 328 g/mol. The van der Waals surface area contributed by atoms with Gasteiger partial charge in [0, 0.05) is 31.1 Å². The predicted octanol–water partition coefficient (Wildman–Crippen LogP) is 2.86. The average molecular weight is 360 g/mol. The van der Waals surface area contributed by atoms with Gasteiger partial charge in [-0.25, -0.2) is 0 Å². The van der Waals surface area contributed by atoms with Crippen molar-refractivity contribution in [3.05, 3.63) is 28.8 Å². The summed E-state index contributed by atoms with van der Waals surface area (Å²) in [6.07, 6.45) is 2.03. The van der Waals surface area contributed by atoms with Crippen molar-refractivity contribution in [2.75, 3.05) is 26.2 Å². The van der Waals surface area contributed by atoms with Crippen molar-refractivity contribution >= 4 is 5.91 Å². The highest BCUT2D eigenvalue weighted by Gasteiger charge is 2.32. The number of nitrogens with zero attached hydrogens (tertiary/aromatic N) is 2. The van der Waals surface area contributed by atoms with Crippen LogP contribution in [0, 0.1) is 19.8 Å². The highest BCUT2D eigenvalue weighted by atomic mass is 16.5. The Labute approximate surface area is 156 Å². The van der Waals surface area contributed by atoms with Gasteiger partial charge in [-0.3, -0.25) is 9.69 Å². The highest BCUT2D eigenvalue weighted by molar-refractivity contribution is 5.79. The number of amides is 1. The van der Waals surface area contributed by atoms with Crippen molar-refractivity contribution in [1.82, 2.24) is 9.80 Å². The number of phenols is 1. The second-order valence-corrected chi connectivity index (χ2v) is 8.12. The molecule has 1 N–H and O–H groups in total. The second kappa shape index (κ2) is 7.97. The molecular formula is C21H32N2O3. The SMILES string of the molecule is Cc1cc(O)c(CN2CCC(C(=O)N3C[C@H](C)O[C@@H](C)C3)CC2)cc1C. The lowest BCUT2D eigenvalue weighted by Crippen LogP contribution is -2.51. The molecule has 144 valence electrons. The number of aryl methyl sites for hydroxylation is 2. The smallest absolute Gasteiger partial charge is 0.225 e. The first kappa shape index (κ1) is 19.2. The van der Waals surface area contributed by atoms with E-state index >= 15 is 0 Å². The van der Waals surface area contributed by atoms with Crippen molar-refractivity contribution in [3.8, 4) is 5.75 Å². The summed E-state index contributed by atoms with van der Waals surface area (Å²) < 4.78 is 5.74. The first-order valence-electron chi connectivity index (χ1n) is 9.79. The van der Waals surface area contributed by atoms with Gasteiger partial charge in [0.25, 0.3) is 0 Å². The van der Waals surface area contributed by atoms with E-state index in [1.165, 1.54) is 5.56 Å². The van der Waals surface area contributed by atoms with Crippen LogP contribution in [0.15, 0.2) is 12.1 Å². The summed E-state index contributed by atoms with van der Waals surface area (Å²) >= 11 is 0. The Morgan fingerprint density at radius 1 is 1.12 bits per heavy atom. The van der Waals surface area contributed by atoms with Gasteiger partial charge < -0.3 is 14.7 Å². The molecule has 1 aromatic carbocycles. The van der Waals surface area contributed by atoms with Crippen molar-refractivity contribution < 1.29 is 14.6 Å². The maximum Gasteiger partial charge on any atom is 0.225 e. The summed E-state index contributed by atoms with van der Waals surface area (Å²) in [5, 5.41) is 10.2. The summed E-state index contributed by atoms with van der Waals surface area (Å²) in [5.74, 6) is 0.792. The minimum atomic E-state index is 0.121. The van der Waals surface area contributed by atoms with Crippen LogP contribution >= 0.6 is 0 Å². The molecule has 0 spiro atoms.